The minimum atomic E-state index is -1.29. The molecule has 2 aromatic rings. The topological polar surface area (TPSA) is 78.9 Å². The second-order valence-electron chi connectivity index (χ2n) is 4.97. The van der Waals surface area contributed by atoms with Gasteiger partial charge >= 0.3 is 5.97 Å². The van der Waals surface area contributed by atoms with E-state index in [0.29, 0.717) is 11.3 Å². The molecular weight excluding hydrogens is 302 g/mol. The molecule has 5 nitrogen and oxygen atoms in total. The first-order chi connectivity index (χ1) is 10.3. The van der Waals surface area contributed by atoms with Gasteiger partial charge in [-0.3, -0.25) is 0 Å². The Bertz CT molecular complexity index is 829. The summed E-state index contributed by atoms with van der Waals surface area (Å²) < 4.78 is 1.56. The lowest BCUT2D eigenvalue weighted by Gasteiger charge is -2.08. The van der Waals surface area contributed by atoms with Crippen molar-refractivity contribution in [2.24, 2.45) is 0 Å². The Kier molecular flexibility index (Phi) is 4.34. The van der Waals surface area contributed by atoms with Crippen LogP contribution in [0.4, 0.5) is 0 Å². The number of carbonyl (C=O) groups is 1. The predicted octanol–water partition coefficient (Wildman–Crippen LogP) is 3.44. The van der Waals surface area contributed by atoms with E-state index < -0.39 is 5.97 Å². The van der Waals surface area contributed by atoms with E-state index in [4.69, 9.17) is 22.0 Å². The van der Waals surface area contributed by atoms with Crippen LogP contribution in [0.2, 0.25) is 5.15 Å². The fraction of sp³-hybridized carbons (Fsp3) is 0.188. The summed E-state index contributed by atoms with van der Waals surface area (Å²) in [5, 5.41) is 22.5. The second kappa shape index (κ2) is 6.04. The van der Waals surface area contributed by atoms with Gasteiger partial charge in [-0.05, 0) is 44.0 Å². The molecule has 0 aliphatic rings. The Labute approximate surface area is 133 Å². The highest BCUT2D eigenvalue weighted by molar-refractivity contribution is 6.31. The van der Waals surface area contributed by atoms with Gasteiger partial charge in [0.25, 0.3) is 0 Å². The van der Waals surface area contributed by atoms with Crippen molar-refractivity contribution in [3.8, 4) is 11.8 Å². The van der Waals surface area contributed by atoms with Gasteiger partial charge in [0.05, 0.1) is 11.4 Å². The molecule has 1 N–H and O–H groups in total. The molecule has 0 fully saturated rings. The Morgan fingerprint density at radius 3 is 2.68 bits per heavy atom. The van der Waals surface area contributed by atoms with Crippen LogP contribution in [0.25, 0.3) is 11.8 Å². The van der Waals surface area contributed by atoms with E-state index in [1.54, 1.807) is 17.7 Å². The molecule has 0 saturated carbocycles. The second-order valence-corrected chi connectivity index (χ2v) is 5.32. The standard InChI is InChI=1S/C16H14ClN3O2/c1-9-4-5-10(2)14(6-9)20-15(17)13(11(3)19-20)7-12(8-18)16(21)22/h4-7H,1-3H3,(H,21,22)/b12-7+. The average Bonchev–Trinajstić information content (AvgIpc) is 2.74. The molecule has 1 heterocycles. The average molecular weight is 316 g/mol. The number of rotatable bonds is 3. The number of benzene rings is 1. The molecular formula is C16H14ClN3O2. The minimum Gasteiger partial charge on any atom is -0.477 e. The van der Waals surface area contributed by atoms with Crippen LogP contribution in [0.1, 0.15) is 22.4 Å². The van der Waals surface area contributed by atoms with Crippen LogP contribution in [0, 0.1) is 32.1 Å². The van der Waals surface area contributed by atoms with Crippen LogP contribution < -0.4 is 0 Å². The lowest BCUT2D eigenvalue weighted by molar-refractivity contribution is -0.132. The maximum atomic E-state index is 11.0. The number of nitrogens with zero attached hydrogens (tertiary/aromatic N) is 3. The Hall–Kier alpha value is -2.58. The highest BCUT2D eigenvalue weighted by Crippen LogP contribution is 2.27. The van der Waals surface area contributed by atoms with Gasteiger partial charge in [0.1, 0.15) is 16.8 Å². The molecule has 0 atom stereocenters. The Morgan fingerprint density at radius 2 is 2.09 bits per heavy atom. The van der Waals surface area contributed by atoms with Crippen molar-refractivity contribution in [1.82, 2.24) is 9.78 Å². The van der Waals surface area contributed by atoms with Gasteiger partial charge in [-0.1, -0.05) is 23.7 Å². The zero-order valence-electron chi connectivity index (χ0n) is 12.4. The molecule has 0 radical (unpaired) electrons. The van der Waals surface area contributed by atoms with E-state index in [-0.39, 0.29) is 10.7 Å². The van der Waals surface area contributed by atoms with Crippen molar-refractivity contribution < 1.29 is 9.90 Å². The lowest BCUT2D eigenvalue weighted by atomic mass is 10.1. The summed E-state index contributed by atoms with van der Waals surface area (Å²) >= 11 is 6.35. The van der Waals surface area contributed by atoms with Crippen molar-refractivity contribution >= 4 is 23.6 Å². The molecule has 0 aliphatic heterocycles. The molecule has 0 amide bonds. The van der Waals surface area contributed by atoms with Crippen molar-refractivity contribution in [2.45, 2.75) is 20.8 Å². The van der Waals surface area contributed by atoms with Crippen LogP contribution >= 0.6 is 11.6 Å². The van der Waals surface area contributed by atoms with Gasteiger partial charge in [-0.25, -0.2) is 9.48 Å². The molecule has 0 aliphatic carbocycles. The van der Waals surface area contributed by atoms with Gasteiger partial charge < -0.3 is 5.11 Å². The van der Waals surface area contributed by atoms with Crippen molar-refractivity contribution in [3.05, 3.63) is 51.3 Å². The fourth-order valence-corrected chi connectivity index (χ4v) is 2.39. The summed E-state index contributed by atoms with van der Waals surface area (Å²) in [6.07, 6.45) is 1.24. The molecule has 0 unspecified atom stereocenters. The van der Waals surface area contributed by atoms with Crippen LogP contribution in [0.5, 0.6) is 0 Å². The fourth-order valence-electron chi connectivity index (χ4n) is 2.07. The predicted molar refractivity (Wildman–Crippen MR) is 84.0 cm³/mol. The van der Waals surface area contributed by atoms with Crippen molar-refractivity contribution in [2.75, 3.05) is 0 Å². The third kappa shape index (κ3) is 2.87. The first-order valence-corrected chi connectivity index (χ1v) is 6.90. The monoisotopic (exact) mass is 315 g/mol. The first-order valence-electron chi connectivity index (χ1n) is 6.53. The summed E-state index contributed by atoms with van der Waals surface area (Å²) in [5.41, 5.74) is 3.47. The zero-order chi connectivity index (χ0) is 16.4. The summed E-state index contributed by atoms with van der Waals surface area (Å²) in [5.74, 6) is -1.29. The molecule has 22 heavy (non-hydrogen) atoms. The number of nitriles is 1. The van der Waals surface area contributed by atoms with E-state index in [1.165, 1.54) is 6.08 Å². The summed E-state index contributed by atoms with van der Waals surface area (Å²) in [4.78, 5) is 11.0. The number of hydrogen-bond donors (Lipinski definition) is 1. The minimum absolute atomic E-state index is 0.278. The first kappa shape index (κ1) is 15.8. The van der Waals surface area contributed by atoms with E-state index in [1.807, 2.05) is 32.0 Å². The highest BCUT2D eigenvalue weighted by atomic mass is 35.5. The number of hydrogen-bond acceptors (Lipinski definition) is 3. The molecule has 6 heteroatoms. The maximum Gasteiger partial charge on any atom is 0.346 e. The Morgan fingerprint density at radius 1 is 1.41 bits per heavy atom. The summed E-state index contributed by atoms with van der Waals surface area (Å²) in [7, 11) is 0. The maximum absolute atomic E-state index is 11.0. The third-order valence-corrected chi connectivity index (χ3v) is 3.64. The highest BCUT2D eigenvalue weighted by Gasteiger charge is 2.17. The zero-order valence-corrected chi connectivity index (χ0v) is 13.1. The number of carboxylic acids is 1. The smallest absolute Gasteiger partial charge is 0.346 e. The molecule has 0 saturated heterocycles. The number of aliphatic carboxylic acids is 1. The lowest BCUT2D eigenvalue weighted by Crippen LogP contribution is -2.00. The van der Waals surface area contributed by atoms with Gasteiger partial charge in [0, 0.05) is 5.56 Å². The number of aromatic nitrogens is 2. The van der Waals surface area contributed by atoms with E-state index in [9.17, 15) is 4.79 Å². The van der Waals surface area contributed by atoms with Crippen LogP contribution in [-0.2, 0) is 4.79 Å². The van der Waals surface area contributed by atoms with Crippen LogP contribution in [0.3, 0.4) is 0 Å². The molecule has 1 aromatic heterocycles. The number of carboxylic acid groups (broad SMARTS) is 1. The molecule has 2 rings (SSSR count). The largest absolute Gasteiger partial charge is 0.477 e. The SMILES string of the molecule is Cc1ccc(C)c(-n2nc(C)c(/C=C(\C#N)C(=O)O)c2Cl)c1. The van der Waals surface area contributed by atoms with Crippen molar-refractivity contribution in [3.63, 3.8) is 0 Å². The number of aryl methyl sites for hydroxylation is 3. The quantitative estimate of drug-likeness (QED) is 0.695. The molecule has 1 aromatic carbocycles. The van der Waals surface area contributed by atoms with Gasteiger partial charge in [-0.15, -0.1) is 0 Å². The molecule has 0 bridgehead atoms. The Balaban J connectivity index is 2.64. The van der Waals surface area contributed by atoms with E-state index in [2.05, 4.69) is 5.10 Å². The van der Waals surface area contributed by atoms with Gasteiger partial charge in [0.2, 0.25) is 0 Å². The summed E-state index contributed by atoms with van der Waals surface area (Å²) in [6.45, 7) is 5.62. The van der Waals surface area contributed by atoms with Gasteiger partial charge in [0.15, 0.2) is 0 Å². The summed E-state index contributed by atoms with van der Waals surface area (Å²) in [6, 6.07) is 7.54. The van der Waals surface area contributed by atoms with E-state index in [0.717, 1.165) is 16.8 Å². The van der Waals surface area contributed by atoms with Gasteiger partial charge in [-0.2, -0.15) is 10.4 Å². The third-order valence-electron chi connectivity index (χ3n) is 3.28. The van der Waals surface area contributed by atoms with Crippen molar-refractivity contribution in [1.29, 1.82) is 5.26 Å². The van der Waals surface area contributed by atoms with Crippen LogP contribution in [0.15, 0.2) is 23.8 Å². The molecule has 112 valence electrons. The molecule has 0 spiro atoms. The number of halogens is 1. The van der Waals surface area contributed by atoms with E-state index >= 15 is 0 Å². The normalized spacial score (nSPS) is 11.3. The van der Waals surface area contributed by atoms with Crippen LogP contribution in [-0.4, -0.2) is 20.9 Å².